The topological polar surface area (TPSA) is 16.1 Å². The number of nitrogens with zero attached hydrogens (tertiary/aromatic N) is 2. The van der Waals surface area contributed by atoms with Crippen molar-refractivity contribution in [3.63, 3.8) is 0 Å². The van der Waals surface area contributed by atoms with Crippen LogP contribution in [0.3, 0.4) is 0 Å². The van der Waals surface area contributed by atoms with Crippen LogP contribution in [0, 0.1) is 0 Å². The third-order valence-electron chi connectivity index (χ3n) is 2.11. The summed E-state index contributed by atoms with van der Waals surface area (Å²) in [5.41, 5.74) is 1.22. The molecular formula is C11H16N2S2. The molecule has 1 rings (SSSR count). The van der Waals surface area contributed by atoms with Gasteiger partial charge < -0.3 is 4.90 Å². The zero-order valence-electron chi connectivity index (χ0n) is 9.14. The molecule has 4 heteroatoms. The van der Waals surface area contributed by atoms with E-state index in [1.54, 1.807) is 18.0 Å². The van der Waals surface area contributed by atoms with E-state index < -0.39 is 0 Å². The van der Waals surface area contributed by atoms with E-state index in [1.165, 1.54) is 5.56 Å². The van der Waals surface area contributed by atoms with Crippen LogP contribution < -0.4 is 0 Å². The summed E-state index contributed by atoms with van der Waals surface area (Å²) in [6, 6.07) is 4.03. The minimum atomic E-state index is 0.906. The van der Waals surface area contributed by atoms with Crippen LogP contribution in [-0.2, 0) is 5.75 Å². The Kier molecular flexibility index (Phi) is 5.65. The monoisotopic (exact) mass is 240 g/mol. The number of hydrogen-bond donors (Lipinski definition) is 0. The Hall–Kier alpha value is -0.610. The molecule has 0 saturated carbocycles. The molecule has 0 atom stereocenters. The number of aromatic nitrogens is 1. The highest BCUT2D eigenvalue weighted by molar-refractivity contribution is 8.22. The first-order valence-electron chi connectivity index (χ1n) is 5.08. The van der Waals surface area contributed by atoms with Gasteiger partial charge in [-0.05, 0) is 25.5 Å². The maximum atomic E-state index is 5.34. The molecule has 82 valence electrons. The Labute approximate surface area is 101 Å². The summed E-state index contributed by atoms with van der Waals surface area (Å²) in [6.07, 6.45) is 3.68. The van der Waals surface area contributed by atoms with E-state index in [2.05, 4.69) is 29.8 Å². The smallest absolute Gasteiger partial charge is 0.136 e. The van der Waals surface area contributed by atoms with Gasteiger partial charge in [0, 0.05) is 31.2 Å². The summed E-state index contributed by atoms with van der Waals surface area (Å²) in [7, 11) is 0. The summed E-state index contributed by atoms with van der Waals surface area (Å²) < 4.78 is 0.976. The molecule has 0 unspecified atom stereocenters. The third-order valence-corrected chi connectivity index (χ3v) is 3.70. The van der Waals surface area contributed by atoms with Gasteiger partial charge in [-0.25, -0.2) is 0 Å². The largest absolute Gasteiger partial charge is 0.358 e. The highest BCUT2D eigenvalue weighted by atomic mass is 32.2. The lowest BCUT2D eigenvalue weighted by Crippen LogP contribution is -2.26. The molecular weight excluding hydrogens is 224 g/mol. The van der Waals surface area contributed by atoms with E-state index in [0.29, 0.717) is 0 Å². The molecule has 0 amide bonds. The maximum absolute atomic E-state index is 5.34. The van der Waals surface area contributed by atoms with Gasteiger partial charge in [-0.2, -0.15) is 0 Å². The van der Waals surface area contributed by atoms with Crippen molar-refractivity contribution in [3.05, 3.63) is 30.1 Å². The van der Waals surface area contributed by atoms with Gasteiger partial charge in [0.1, 0.15) is 4.32 Å². The second-order valence-corrected chi connectivity index (χ2v) is 4.70. The van der Waals surface area contributed by atoms with Crippen LogP contribution in [-0.4, -0.2) is 27.3 Å². The Morgan fingerprint density at radius 3 is 2.73 bits per heavy atom. The second-order valence-electron chi connectivity index (χ2n) is 3.09. The van der Waals surface area contributed by atoms with E-state index in [9.17, 15) is 0 Å². The number of pyridine rings is 1. The molecule has 1 aromatic rings. The Morgan fingerprint density at radius 2 is 2.20 bits per heavy atom. The first-order chi connectivity index (χ1) is 7.27. The molecule has 0 spiro atoms. The standard InChI is InChI=1S/C11H16N2S2/c1-3-13(4-2)11(14)15-9-10-6-5-7-12-8-10/h5-8H,3-4,9H2,1-2H3. The molecule has 0 radical (unpaired) electrons. The molecule has 0 aliphatic rings. The van der Waals surface area contributed by atoms with Crippen molar-refractivity contribution in [1.29, 1.82) is 0 Å². The predicted octanol–water partition coefficient (Wildman–Crippen LogP) is 2.94. The Morgan fingerprint density at radius 1 is 1.47 bits per heavy atom. The van der Waals surface area contributed by atoms with E-state index >= 15 is 0 Å². The van der Waals surface area contributed by atoms with E-state index in [0.717, 1.165) is 23.2 Å². The minimum Gasteiger partial charge on any atom is -0.358 e. The molecule has 15 heavy (non-hydrogen) atoms. The molecule has 0 saturated heterocycles. The average Bonchev–Trinajstić information content (AvgIpc) is 2.29. The summed E-state index contributed by atoms with van der Waals surface area (Å²) in [6.45, 7) is 6.21. The fourth-order valence-corrected chi connectivity index (χ4v) is 2.54. The van der Waals surface area contributed by atoms with Crippen LogP contribution in [0.1, 0.15) is 19.4 Å². The van der Waals surface area contributed by atoms with Crippen molar-refractivity contribution in [2.45, 2.75) is 19.6 Å². The Balaban J connectivity index is 2.40. The minimum absolute atomic E-state index is 0.906. The lowest BCUT2D eigenvalue weighted by atomic mass is 10.3. The highest BCUT2D eigenvalue weighted by Gasteiger charge is 2.05. The van der Waals surface area contributed by atoms with Crippen molar-refractivity contribution in [1.82, 2.24) is 9.88 Å². The molecule has 0 bridgehead atoms. The van der Waals surface area contributed by atoms with E-state index in [1.807, 2.05) is 12.3 Å². The second kappa shape index (κ2) is 6.80. The van der Waals surface area contributed by atoms with Gasteiger partial charge in [0.05, 0.1) is 0 Å². The van der Waals surface area contributed by atoms with Crippen molar-refractivity contribution < 1.29 is 0 Å². The van der Waals surface area contributed by atoms with Crippen molar-refractivity contribution in [2.24, 2.45) is 0 Å². The number of hydrogen-bond acceptors (Lipinski definition) is 3. The van der Waals surface area contributed by atoms with Gasteiger partial charge in [-0.3, -0.25) is 4.98 Å². The average molecular weight is 240 g/mol. The van der Waals surface area contributed by atoms with Gasteiger partial charge in [0.15, 0.2) is 0 Å². The zero-order valence-corrected chi connectivity index (χ0v) is 10.8. The van der Waals surface area contributed by atoms with Gasteiger partial charge in [0.2, 0.25) is 0 Å². The van der Waals surface area contributed by atoms with Gasteiger partial charge in [0.25, 0.3) is 0 Å². The molecule has 1 heterocycles. The fourth-order valence-electron chi connectivity index (χ4n) is 1.20. The van der Waals surface area contributed by atoms with E-state index in [-0.39, 0.29) is 0 Å². The van der Waals surface area contributed by atoms with Gasteiger partial charge in [-0.15, -0.1) is 0 Å². The van der Waals surface area contributed by atoms with Gasteiger partial charge >= 0.3 is 0 Å². The van der Waals surface area contributed by atoms with E-state index in [4.69, 9.17) is 12.2 Å². The van der Waals surface area contributed by atoms with Crippen LogP contribution in [0.5, 0.6) is 0 Å². The quantitative estimate of drug-likeness (QED) is 0.752. The number of thioether (sulfide) groups is 1. The predicted molar refractivity (Wildman–Crippen MR) is 71.1 cm³/mol. The highest BCUT2D eigenvalue weighted by Crippen LogP contribution is 2.15. The summed E-state index contributed by atoms with van der Waals surface area (Å²) in [5, 5.41) is 0. The normalized spacial score (nSPS) is 10.0. The number of rotatable bonds is 4. The van der Waals surface area contributed by atoms with Gasteiger partial charge in [-0.1, -0.05) is 30.0 Å². The molecule has 0 aliphatic carbocycles. The van der Waals surface area contributed by atoms with Crippen LogP contribution in [0.2, 0.25) is 0 Å². The molecule has 2 nitrogen and oxygen atoms in total. The first kappa shape index (κ1) is 12.5. The number of thiocarbonyl (C=S) groups is 1. The van der Waals surface area contributed by atoms with Crippen LogP contribution in [0.25, 0.3) is 0 Å². The van der Waals surface area contributed by atoms with Crippen LogP contribution >= 0.6 is 24.0 Å². The molecule has 0 fully saturated rings. The lowest BCUT2D eigenvalue weighted by molar-refractivity contribution is 0.482. The first-order valence-corrected chi connectivity index (χ1v) is 6.48. The maximum Gasteiger partial charge on any atom is 0.136 e. The molecule has 1 aromatic heterocycles. The van der Waals surface area contributed by atoms with Crippen molar-refractivity contribution in [2.75, 3.05) is 13.1 Å². The fraction of sp³-hybridized carbons (Fsp3) is 0.455. The summed E-state index contributed by atoms with van der Waals surface area (Å²) in [4.78, 5) is 6.27. The van der Waals surface area contributed by atoms with Crippen molar-refractivity contribution in [3.8, 4) is 0 Å². The summed E-state index contributed by atoms with van der Waals surface area (Å²) >= 11 is 7.05. The Bertz CT molecular complexity index is 297. The van der Waals surface area contributed by atoms with Crippen LogP contribution in [0.15, 0.2) is 24.5 Å². The molecule has 0 aromatic carbocycles. The summed E-state index contributed by atoms with van der Waals surface area (Å²) in [5.74, 6) is 0.906. The molecule has 0 N–H and O–H groups in total. The van der Waals surface area contributed by atoms with Crippen LogP contribution in [0.4, 0.5) is 0 Å². The SMILES string of the molecule is CCN(CC)C(=S)SCc1cccnc1. The third kappa shape index (κ3) is 4.18. The molecule has 0 aliphatic heterocycles. The zero-order chi connectivity index (χ0) is 11.1. The lowest BCUT2D eigenvalue weighted by Gasteiger charge is -2.20. The van der Waals surface area contributed by atoms with Crippen molar-refractivity contribution >= 4 is 28.3 Å².